The molecule has 1 N–H and O–H groups in total. The van der Waals surface area contributed by atoms with Crippen molar-refractivity contribution < 1.29 is 34.4 Å². The van der Waals surface area contributed by atoms with Gasteiger partial charge in [0.25, 0.3) is 0 Å². The third-order valence-electron chi connectivity index (χ3n) is 11.2. The molecule has 1 aliphatic carbocycles. The molecule has 49 heavy (non-hydrogen) atoms. The van der Waals surface area contributed by atoms with E-state index in [-0.39, 0.29) is 47.9 Å². The number of ketones is 1. The Labute approximate surface area is 306 Å². The zero-order chi connectivity index (χ0) is 35.0. The number of furan rings is 1. The fraction of sp³-hybridized carbons (Fsp3) is 0.419. The summed E-state index contributed by atoms with van der Waals surface area (Å²) in [4.78, 5) is 21.9. The third kappa shape index (κ3) is 6.92. The number of fused-ring (bicyclic) bond motifs is 6. The van der Waals surface area contributed by atoms with Gasteiger partial charge in [0.05, 0.1) is 11.3 Å². The average molecular weight is 836 g/mol. The van der Waals surface area contributed by atoms with E-state index in [1.165, 1.54) is 28.2 Å². The molecule has 5 nitrogen and oxygen atoms in total. The number of nitrogens with zero attached hydrogens (tertiary/aromatic N) is 2. The molecule has 0 spiro atoms. The predicted octanol–water partition coefficient (Wildman–Crippen LogP) is 11.9. The number of rotatable bonds is 9. The molecule has 0 amide bonds. The van der Waals surface area contributed by atoms with E-state index >= 15 is 0 Å². The van der Waals surface area contributed by atoms with Gasteiger partial charge >= 0.3 is 0 Å². The first-order chi connectivity index (χ1) is 22.7. The molecule has 0 aliphatic heterocycles. The van der Waals surface area contributed by atoms with Gasteiger partial charge in [-0.1, -0.05) is 99.1 Å². The van der Waals surface area contributed by atoms with Crippen molar-refractivity contribution in [3.63, 3.8) is 0 Å². The van der Waals surface area contributed by atoms with Crippen LogP contribution in [0.5, 0.6) is 0 Å². The third-order valence-corrected chi connectivity index (χ3v) is 11.2. The van der Waals surface area contributed by atoms with E-state index in [0.717, 1.165) is 59.1 Å². The van der Waals surface area contributed by atoms with Crippen molar-refractivity contribution in [3.8, 4) is 22.7 Å². The molecule has 261 valence electrons. The number of aliphatic hydroxyl groups excluding tert-OH is 1. The Bertz CT molecular complexity index is 1990. The number of aliphatic hydroxyl groups is 1. The van der Waals surface area contributed by atoms with Gasteiger partial charge < -0.3 is 9.52 Å². The minimum Gasteiger partial charge on any atom is -0.512 e. The zero-order valence-electron chi connectivity index (χ0n) is 30.7. The molecular formula is C43H51IrN2O3-. The van der Waals surface area contributed by atoms with Crippen LogP contribution in [0.1, 0.15) is 118 Å². The van der Waals surface area contributed by atoms with Crippen molar-refractivity contribution in [3.05, 3.63) is 95.4 Å². The summed E-state index contributed by atoms with van der Waals surface area (Å²) in [7, 11) is 0. The Balaban J connectivity index is 0.000000260. The van der Waals surface area contributed by atoms with Crippen LogP contribution < -0.4 is 0 Å². The smallest absolute Gasteiger partial charge is 0.164 e. The fourth-order valence-corrected chi connectivity index (χ4v) is 6.71. The van der Waals surface area contributed by atoms with Crippen LogP contribution in [-0.2, 0) is 30.3 Å². The molecule has 1 radical (unpaired) electrons. The molecule has 5 aromatic rings. The Morgan fingerprint density at radius 1 is 0.959 bits per heavy atom. The van der Waals surface area contributed by atoms with Crippen LogP contribution in [0, 0.1) is 16.9 Å². The van der Waals surface area contributed by atoms with Gasteiger partial charge in [0.15, 0.2) is 5.78 Å². The first-order valence-corrected chi connectivity index (χ1v) is 17.5. The number of carbonyl (C=O) groups is 1. The normalized spacial score (nSPS) is 13.9. The first kappa shape index (κ1) is 38.2. The maximum absolute atomic E-state index is 12.2. The largest absolute Gasteiger partial charge is 0.512 e. The number of para-hydroxylation sites is 1. The SMILES string of the molecule is CC(C)c1ccc2nc(-c3[c-]ccc4c3C(C)(C)c3c-4oc4ccccc34)ncc2c1.CCC(C)(CC)C(=O)/C=C(\O)C(C)(CC)CC.[Ir]. The van der Waals surface area contributed by atoms with E-state index in [0.29, 0.717) is 11.7 Å². The number of carbonyl (C=O) groups excluding carboxylic acids is 1. The molecule has 0 fully saturated rings. The van der Waals surface area contributed by atoms with Crippen molar-refractivity contribution in [1.29, 1.82) is 0 Å². The Morgan fingerprint density at radius 2 is 1.61 bits per heavy atom. The molecule has 0 atom stereocenters. The zero-order valence-corrected chi connectivity index (χ0v) is 33.1. The van der Waals surface area contributed by atoms with E-state index < -0.39 is 0 Å². The Kier molecular flexibility index (Phi) is 11.5. The van der Waals surface area contributed by atoms with Crippen LogP contribution in [0.3, 0.4) is 0 Å². The summed E-state index contributed by atoms with van der Waals surface area (Å²) in [5.41, 5.74) is 6.85. The van der Waals surface area contributed by atoms with Crippen LogP contribution in [0.25, 0.3) is 44.6 Å². The number of hydrogen-bond donors (Lipinski definition) is 1. The van der Waals surface area contributed by atoms with Crippen molar-refractivity contribution in [2.24, 2.45) is 10.8 Å². The monoisotopic (exact) mass is 836 g/mol. The predicted molar refractivity (Wildman–Crippen MR) is 198 cm³/mol. The van der Waals surface area contributed by atoms with Crippen LogP contribution in [0.2, 0.25) is 0 Å². The van der Waals surface area contributed by atoms with E-state index in [9.17, 15) is 9.90 Å². The minimum atomic E-state index is -0.337. The Hall–Kier alpha value is -3.60. The van der Waals surface area contributed by atoms with Gasteiger partial charge in [-0.25, -0.2) is 0 Å². The molecule has 2 heterocycles. The fourth-order valence-electron chi connectivity index (χ4n) is 6.71. The molecule has 0 saturated carbocycles. The topological polar surface area (TPSA) is 76.2 Å². The van der Waals surface area contributed by atoms with Gasteiger partial charge in [0, 0.05) is 59.5 Å². The maximum Gasteiger partial charge on any atom is 0.164 e. The number of aromatic nitrogens is 2. The van der Waals surface area contributed by atoms with Crippen LogP contribution in [0.15, 0.2) is 77.0 Å². The minimum absolute atomic E-state index is 0. The van der Waals surface area contributed by atoms with Crippen LogP contribution >= 0.6 is 0 Å². The maximum atomic E-state index is 12.2. The number of hydrogen-bond acceptors (Lipinski definition) is 5. The summed E-state index contributed by atoms with van der Waals surface area (Å²) < 4.78 is 6.31. The second kappa shape index (κ2) is 14.7. The van der Waals surface area contributed by atoms with E-state index in [2.05, 4.69) is 70.2 Å². The van der Waals surface area contributed by atoms with Gasteiger partial charge in [-0.3, -0.25) is 14.8 Å². The van der Waals surface area contributed by atoms with E-state index in [4.69, 9.17) is 14.4 Å². The second-order valence-electron chi connectivity index (χ2n) is 14.7. The summed E-state index contributed by atoms with van der Waals surface area (Å²) in [5.74, 6) is 2.43. The molecule has 3 aromatic carbocycles. The van der Waals surface area contributed by atoms with Crippen molar-refractivity contribution in [2.75, 3.05) is 0 Å². The molecule has 6 rings (SSSR count). The molecule has 0 bridgehead atoms. The van der Waals surface area contributed by atoms with Gasteiger partial charge in [-0.05, 0) is 60.8 Å². The summed E-state index contributed by atoms with van der Waals surface area (Å²) in [6.45, 7) is 21.0. The standard InChI is InChI=1S/C28H23N2O.C15H28O2.Ir/c1-16(2)17-12-13-22-18(14-17)15-29-27(30-22)21-10-7-9-20-24(21)28(3,4)25-19-8-5-6-11-23(19)31-26(20)25;1-7-14(5,8-2)12(16)11-13(17)15(6,9-3)10-4;/h5-9,11-16H,1-4H3;11,16H,7-10H2,1-6H3;/q-1;;/b;12-11-;. The van der Waals surface area contributed by atoms with Gasteiger partial charge in [0.2, 0.25) is 0 Å². The molecular weight excluding hydrogens is 785 g/mol. The summed E-state index contributed by atoms with van der Waals surface area (Å²) in [6, 6.07) is 22.2. The average Bonchev–Trinajstić information content (AvgIpc) is 3.60. The number of allylic oxidation sites excluding steroid dienone is 2. The van der Waals surface area contributed by atoms with Crippen molar-refractivity contribution >= 4 is 27.7 Å². The van der Waals surface area contributed by atoms with Gasteiger partial charge in [-0.15, -0.1) is 29.3 Å². The van der Waals surface area contributed by atoms with E-state index in [1.807, 2.05) is 65.9 Å². The van der Waals surface area contributed by atoms with Crippen molar-refractivity contribution in [1.82, 2.24) is 9.97 Å². The van der Waals surface area contributed by atoms with E-state index in [1.54, 1.807) is 0 Å². The molecule has 2 aromatic heterocycles. The molecule has 6 heteroatoms. The van der Waals surface area contributed by atoms with Crippen molar-refractivity contribution in [2.45, 2.75) is 106 Å². The number of benzene rings is 3. The van der Waals surface area contributed by atoms with Crippen LogP contribution in [-0.4, -0.2) is 20.9 Å². The summed E-state index contributed by atoms with van der Waals surface area (Å²) in [6.07, 6.45) is 6.69. The molecule has 1 aliphatic rings. The first-order valence-electron chi connectivity index (χ1n) is 17.5. The summed E-state index contributed by atoms with van der Waals surface area (Å²) in [5, 5.41) is 12.4. The van der Waals surface area contributed by atoms with Crippen LogP contribution in [0.4, 0.5) is 0 Å². The molecule has 0 unspecified atom stereocenters. The summed E-state index contributed by atoms with van der Waals surface area (Å²) >= 11 is 0. The van der Waals surface area contributed by atoms with Gasteiger partial charge in [-0.2, -0.15) is 0 Å². The quantitative estimate of drug-likeness (QED) is 0.0909. The Morgan fingerprint density at radius 3 is 2.24 bits per heavy atom. The van der Waals surface area contributed by atoms with Gasteiger partial charge in [0.1, 0.15) is 17.1 Å². The second-order valence-corrected chi connectivity index (χ2v) is 14.7. The molecule has 0 saturated heterocycles.